The third kappa shape index (κ3) is 4.86. The van der Waals surface area contributed by atoms with E-state index in [9.17, 15) is 14.3 Å². The number of aromatic carboxylic acids is 1. The lowest BCUT2D eigenvalue weighted by molar-refractivity contribution is -0.0591. The number of nitriles is 1. The van der Waals surface area contributed by atoms with Gasteiger partial charge in [-0.15, -0.1) is 11.3 Å². The van der Waals surface area contributed by atoms with Crippen molar-refractivity contribution < 1.29 is 23.8 Å². The summed E-state index contributed by atoms with van der Waals surface area (Å²) in [6.07, 6.45) is 3.18. The van der Waals surface area contributed by atoms with E-state index in [2.05, 4.69) is 15.5 Å². The third-order valence-electron chi connectivity index (χ3n) is 8.63. The average Bonchev–Trinajstić information content (AvgIpc) is 3.40. The minimum atomic E-state index is -0.924. The Hall–Kier alpha value is -3.85. The molecule has 3 atom stereocenters. The van der Waals surface area contributed by atoms with Crippen LogP contribution in [0.1, 0.15) is 51.6 Å². The number of ether oxygens (including phenoxy) is 2. The zero-order valence-corrected chi connectivity index (χ0v) is 23.1. The van der Waals surface area contributed by atoms with Gasteiger partial charge in [0.15, 0.2) is 0 Å². The highest BCUT2D eigenvalue weighted by Crippen LogP contribution is 2.59. The number of thiophene rings is 1. The summed E-state index contributed by atoms with van der Waals surface area (Å²) in [5, 5.41) is 18.4. The number of imidazole rings is 1. The summed E-state index contributed by atoms with van der Waals surface area (Å²) < 4.78 is 28.0. The van der Waals surface area contributed by atoms with E-state index in [-0.39, 0.29) is 23.7 Å². The van der Waals surface area contributed by atoms with Crippen molar-refractivity contribution in [3.63, 3.8) is 0 Å². The molecule has 0 bridgehead atoms. The molecule has 1 N–H and O–H groups in total. The highest BCUT2D eigenvalue weighted by molar-refractivity contribution is 7.20. The number of fused-ring (bicyclic) bond motifs is 2. The van der Waals surface area contributed by atoms with Crippen LogP contribution in [-0.4, -0.2) is 56.3 Å². The van der Waals surface area contributed by atoms with E-state index < -0.39 is 11.8 Å². The summed E-state index contributed by atoms with van der Waals surface area (Å²) in [7, 11) is 0. The summed E-state index contributed by atoms with van der Waals surface area (Å²) in [5.41, 5.74) is 2.45. The van der Waals surface area contributed by atoms with Gasteiger partial charge >= 0.3 is 5.97 Å². The number of halogens is 1. The maximum Gasteiger partial charge on any atom is 0.346 e. The van der Waals surface area contributed by atoms with E-state index in [0.29, 0.717) is 35.3 Å². The first-order valence-corrected chi connectivity index (χ1v) is 14.6. The van der Waals surface area contributed by atoms with Gasteiger partial charge in [-0.2, -0.15) is 5.26 Å². The van der Waals surface area contributed by atoms with Crippen LogP contribution in [0.4, 0.5) is 4.39 Å². The predicted molar refractivity (Wildman–Crippen MR) is 148 cm³/mol. The number of carboxylic acid groups (broad SMARTS) is 1. The Balaban J connectivity index is 1.03. The van der Waals surface area contributed by atoms with Crippen molar-refractivity contribution in [1.82, 2.24) is 19.4 Å². The number of carbonyl (C=O) groups is 1. The minimum absolute atomic E-state index is 0.0293. The SMILES string of the molecule is N#Cc1ccc(COc2cccc([C@@]34CCN(Cc5nc6cc(C(=O)O)sc6n5C[C@@H]5CCO5)C[C@@H]3C4)n2)c(F)c1. The normalized spacial score (nSPS) is 23.5. The van der Waals surface area contributed by atoms with Crippen LogP contribution in [-0.2, 0) is 29.8 Å². The summed E-state index contributed by atoms with van der Waals surface area (Å²) in [4.78, 5) is 24.8. The van der Waals surface area contributed by atoms with Crippen molar-refractivity contribution in [3.8, 4) is 11.9 Å². The monoisotopic (exact) mass is 573 g/mol. The van der Waals surface area contributed by atoms with Crippen LogP contribution in [0.2, 0.25) is 0 Å². The molecule has 41 heavy (non-hydrogen) atoms. The highest BCUT2D eigenvalue weighted by atomic mass is 32.1. The molecule has 1 aromatic carbocycles. The van der Waals surface area contributed by atoms with Crippen molar-refractivity contribution in [2.75, 3.05) is 19.7 Å². The van der Waals surface area contributed by atoms with Crippen LogP contribution in [0.5, 0.6) is 5.88 Å². The van der Waals surface area contributed by atoms with E-state index in [1.54, 1.807) is 24.3 Å². The average molecular weight is 574 g/mol. The standard InChI is InChI=1S/C30H28FN5O4S/c31-22-10-18(13-32)4-5-19(22)17-40-27-3-1-2-25(34-27)30-7-8-35(14-20(30)12-30)16-26-33-23-11-24(29(37)38)41-28(23)36(26)15-21-6-9-39-21/h1-5,10-11,20-21H,6-9,12,14-17H2,(H,37,38)/t20-,21-,30+/m0/s1. The molecule has 0 radical (unpaired) electrons. The number of rotatable bonds is 9. The highest BCUT2D eigenvalue weighted by Gasteiger charge is 2.58. The molecule has 4 aromatic rings. The number of benzene rings is 1. The number of likely N-dealkylation sites (tertiary alicyclic amines) is 1. The fraction of sp³-hybridized carbons (Fsp3) is 0.400. The maximum absolute atomic E-state index is 14.3. The summed E-state index contributed by atoms with van der Waals surface area (Å²) in [6, 6.07) is 13.8. The summed E-state index contributed by atoms with van der Waals surface area (Å²) >= 11 is 1.28. The molecule has 2 saturated heterocycles. The van der Waals surface area contributed by atoms with Crippen LogP contribution in [0.3, 0.4) is 0 Å². The largest absolute Gasteiger partial charge is 0.477 e. The van der Waals surface area contributed by atoms with Crippen LogP contribution in [0, 0.1) is 23.1 Å². The van der Waals surface area contributed by atoms with Crippen molar-refractivity contribution >= 4 is 27.7 Å². The van der Waals surface area contributed by atoms with E-state index in [1.165, 1.54) is 17.4 Å². The van der Waals surface area contributed by atoms with Crippen molar-refractivity contribution in [2.24, 2.45) is 5.92 Å². The Labute approximate surface area is 239 Å². The zero-order valence-electron chi connectivity index (χ0n) is 22.3. The fourth-order valence-corrected chi connectivity index (χ4v) is 7.10. The fourth-order valence-electron chi connectivity index (χ4n) is 6.14. The van der Waals surface area contributed by atoms with Gasteiger partial charge in [-0.25, -0.2) is 19.2 Å². The molecule has 0 spiro atoms. The predicted octanol–water partition coefficient (Wildman–Crippen LogP) is 4.73. The van der Waals surface area contributed by atoms with E-state index in [1.807, 2.05) is 12.1 Å². The molecule has 3 fully saturated rings. The van der Waals surface area contributed by atoms with E-state index in [4.69, 9.17) is 24.7 Å². The molecule has 210 valence electrons. The second-order valence-corrected chi connectivity index (χ2v) is 12.2. The molecule has 0 unspecified atom stereocenters. The van der Waals surface area contributed by atoms with Crippen LogP contribution >= 0.6 is 11.3 Å². The second-order valence-electron chi connectivity index (χ2n) is 11.1. The molecular formula is C30H28FN5O4S. The van der Waals surface area contributed by atoms with Gasteiger partial charge in [0.1, 0.15) is 33.5 Å². The number of nitrogens with zero attached hydrogens (tertiary/aromatic N) is 5. The van der Waals surface area contributed by atoms with Crippen LogP contribution in [0.15, 0.2) is 42.5 Å². The first-order chi connectivity index (χ1) is 19.9. The lowest BCUT2D eigenvalue weighted by Crippen LogP contribution is -2.37. The molecule has 5 heterocycles. The molecule has 3 aliphatic rings. The van der Waals surface area contributed by atoms with Gasteiger partial charge in [0.05, 0.1) is 36.5 Å². The number of hydrogen-bond donors (Lipinski definition) is 1. The van der Waals surface area contributed by atoms with Crippen LogP contribution in [0.25, 0.3) is 10.3 Å². The van der Waals surface area contributed by atoms with Gasteiger partial charge in [0.25, 0.3) is 0 Å². The Kier molecular flexibility index (Phi) is 6.49. The van der Waals surface area contributed by atoms with Gasteiger partial charge in [-0.3, -0.25) is 4.90 Å². The Bertz CT molecular complexity index is 1690. The van der Waals surface area contributed by atoms with Crippen molar-refractivity contribution in [1.29, 1.82) is 5.26 Å². The molecule has 11 heteroatoms. The summed E-state index contributed by atoms with van der Waals surface area (Å²) in [6.45, 7) is 4.05. The lowest BCUT2D eigenvalue weighted by Gasteiger charge is -2.32. The second kappa shape index (κ2) is 10.2. The molecule has 0 amide bonds. The Morgan fingerprint density at radius 3 is 2.90 bits per heavy atom. The van der Waals surface area contributed by atoms with Gasteiger partial charge in [0, 0.05) is 30.2 Å². The molecular weight excluding hydrogens is 545 g/mol. The lowest BCUT2D eigenvalue weighted by atomic mass is 9.91. The number of carboxylic acids is 1. The van der Waals surface area contributed by atoms with E-state index >= 15 is 0 Å². The number of aromatic nitrogens is 3. The van der Waals surface area contributed by atoms with Gasteiger partial charge < -0.3 is 19.1 Å². The molecule has 3 aromatic heterocycles. The molecule has 2 aliphatic heterocycles. The number of piperidine rings is 1. The van der Waals surface area contributed by atoms with Crippen molar-refractivity contribution in [2.45, 2.75) is 50.5 Å². The number of pyridine rings is 1. The molecule has 1 aliphatic carbocycles. The van der Waals surface area contributed by atoms with Crippen LogP contribution < -0.4 is 4.74 Å². The molecule has 7 rings (SSSR count). The van der Waals surface area contributed by atoms with Gasteiger partial charge in [0.2, 0.25) is 5.88 Å². The number of hydrogen-bond acceptors (Lipinski definition) is 8. The Morgan fingerprint density at radius 1 is 1.29 bits per heavy atom. The van der Waals surface area contributed by atoms with Gasteiger partial charge in [-0.05, 0) is 56.0 Å². The first kappa shape index (κ1) is 26.1. The summed E-state index contributed by atoms with van der Waals surface area (Å²) in [5.74, 6) is 0.515. The minimum Gasteiger partial charge on any atom is -0.477 e. The van der Waals surface area contributed by atoms with E-state index in [0.717, 1.165) is 60.8 Å². The first-order valence-electron chi connectivity index (χ1n) is 13.8. The molecule has 9 nitrogen and oxygen atoms in total. The maximum atomic E-state index is 14.3. The topological polar surface area (TPSA) is 114 Å². The molecule has 1 saturated carbocycles. The third-order valence-corrected chi connectivity index (χ3v) is 9.77. The quantitative estimate of drug-likeness (QED) is 0.306. The zero-order chi connectivity index (χ0) is 28.1. The van der Waals surface area contributed by atoms with Crippen molar-refractivity contribution in [3.05, 3.63) is 75.8 Å². The van der Waals surface area contributed by atoms with Gasteiger partial charge in [-0.1, -0.05) is 12.1 Å². The smallest absolute Gasteiger partial charge is 0.346 e. The Morgan fingerprint density at radius 2 is 2.17 bits per heavy atom.